The lowest BCUT2D eigenvalue weighted by molar-refractivity contribution is -0.139. The van der Waals surface area contributed by atoms with Gasteiger partial charge in [-0.25, -0.2) is 9.59 Å². The van der Waals surface area contributed by atoms with Gasteiger partial charge in [0.05, 0.1) is 0 Å². The molecule has 110 valence electrons. The molecule has 0 spiro atoms. The van der Waals surface area contributed by atoms with Crippen LogP contribution in [-0.2, 0) is 4.79 Å². The van der Waals surface area contributed by atoms with E-state index in [1.165, 1.54) is 0 Å². The van der Waals surface area contributed by atoms with Gasteiger partial charge in [-0.05, 0) is 32.9 Å². The number of carbonyl (C=O) groups excluding carboxylic acids is 1. The summed E-state index contributed by atoms with van der Waals surface area (Å²) in [6, 6.07) is -0.919. The number of carboxylic acid groups (broad SMARTS) is 1. The van der Waals surface area contributed by atoms with E-state index in [1.807, 2.05) is 14.0 Å². The molecule has 2 amide bonds. The molecule has 2 unspecified atom stereocenters. The Kier molecular flexibility index (Phi) is 6.08. The van der Waals surface area contributed by atoms with Gasteiger partial charge < -0.3 is 20.2 Å². The Morgan fingerprint density at radius 1 is 1.53 bits per heavy atom. The third-order valence-corrected chi connectivity index (χ3v) is 3.64. The highest BCUT2D eigenvalue weighted by Crippen LogP contribution is 2.13. The van der Waals surface area contributed by atoms with Crippen molar-refractivity contribution in [3.8, 4) is 0 Å². The van der Waals surface area contributed by atoms with E-state index in [-0.39, 0.29) is 12.1 Å². The molecule has 19 heavy (non-hydrogen) atoms. The molecule has 1 aliphatic rings. The van der Waals surface area contributed by atoms with E-state index in [0.717, 1.165) is 32.4 Å². The molecule has 1 aliphatic heterocycles. The first-order valence-corrected chi connectivity index (χ1v) is 6.90. The second-order valence-electron chi connectivity index (χ2n) is 5.30. The quantitative estimate of drug-likeness (QED) is 0.781. The summed E-state index contributed by atoms with van der Waals surface area (Å²) in [7, 11) is 3.78. The molecule has 0 aromatic heterocycles. The molecule has 0 aliphatic carbocycles. The summed E-state index contributed by atoms with van der Waals surface area (Å²) in [5, 5.41) is 11.6. The first-order chi connectivity index (χ1) is 8.95. The fraction of sp³-hybridized carbons (Fsp3) is 0.846. The molecule has 1 rings (SSSR count). The molecule has 0 radical (unpaired) electrons. The Morgan fingerprint density at radius 3 is 2.74 bits per heavy atom. The maximum Gasteiger partial charge on any atom is 0.326 e. The number of rotatable bonds is 5. The summed E-state index contributed by atoms with van der Waals surface area (Å²) >= 11 is 0. The van der Waals surface area contributed by atoms with Gasteiger partial charge in [0.15, 0.2) is 0 Å². The van der Waals surface area contributed by atoms with Crippen LogP contribution in [0.15, 0.2) is 0 Å². The maximum absolute atomic E-state index is 12.1. The number of nitrogens with zero attached hydrogens (tertiary/aromatic N) is 2. The number of likely N-dealkylation sites (N-methyl/N-ethyl adjacent to an activating group) is 2. The Balaban J connectivity index is 2.53. The molecular formula is C13H25N3O3. The van der Waals surface area contributed by atoms with Crippen molar-refractivity contribution < 1.29 is 14.7 Å². The average molecular weight is 271 g/mol. The van der Waals surface area contributed by atoms with E-state index in [4.69, 9.17) is 5.11 Å². The molecule has 0 aromatic carbocycles. The third-order valence-electron chi connectivity index (χ3n) is 3.64. The van der Waals surface area contributed by atoms with Gasteiger partial charge in [0, 0.05) is 19.6 Å². The zero-order chi connectivity index (χ0) is 14.4. The molecule has 2 atom stereocenters. The Bertz CT molecular complexity index is 322. The van der Waals surface area contributed by atoms with Crippen LogP contribution in [-0.4, -0.2) is 66.2 Å². The van der Waals surface area contributed by atoms with E-state index in [9.17, 15) is 9.59 Å². The number of hydrogen-bond acceptors (Lipinski definition) is 3. The van der Waals surface area contributed by atoms with Gasteiger partial charge in [-0.3, -0.25) is 0 Å². The van der Waals surface area contributed by atoms with Crippen molar-refractivity contribution in [2.24, 2.45) is 0 Å². The summed E-state index contributed by atoms with van der Waals surface area (Å²) in [6.45, 7) is 3.80. The molecule has 0 bridgehead atoms. The minimum Gasteiger partial charge on any atom is -0.480 e. The van der Waals surface area contributed by atoms with E-state index >= 15 is 0 Å². The van der Waals surface area contributed by atoms with Gasteiger partial charge >= 0.3 is 12.0 Å². The summed E-state index contributed by atoms with van der Waals surface area (Å²) < 4.78 is 0. The SMILES string of the molecule is CCCC(NC(=O)N(C)C1CCCN(C)C1)C(=O)O. The van der Waals surface area contributed by atoms with Crippen molar-refractivity contribution in [2.45, 2.75) is 44.7 Å². The van der Waals surface area contributed by atoms with Crippen LogP contribution in [0.4, 0.5) is 4.79 Å². The highest BCUT2D eigenvalue weighted by Gasteiger charge is 2.27. The number of nitrogens with one attached hydrogen (secondary N) is 1. The zero-order valence-corrected chi connectivity index (χ0v) is 12.1. The van der Waals surface area contributed by atoms with Gasteiger partial charge in [-0.15, -0.1) is 0 Å². The second-order valence-corrected chi connectivity index (χ2v) is 5.30. The van der Waals surface area contributed by atoms with Crippen molar-refractivity contribution >= 4 is 12.0 Å². The highest BCUT2D eigenvalue weighted by atomic mass is 16.4. The number of hydrogen-bond donors (Lipinski definition) is 2. The summed E-state index contributed by atoms with van der Waals surface area (Å²) in [5.74, 6) is -0.968. The fourth-order valence-corrected chi connectivity index (χ4v) is 2.42. The van der Waals surface area contributed by atoms with Crippen molar-refractivity contribution in [3.63, 3.8) is 0 Å². The van der Waals surface area contributed by atoms with Gasteiger partial charge in [0.1, 0.15) is 6.04 Å². The molecule has 2 N–H and O–H groups in total. The Hall–Kier alpha value is -1.30. The first kappa shape index (κ1) is 15.8. The number of amides is 2. The average Bonchev–Trinajstić information content (AvgIpc) is 2.37. The Morgan fingerprint density at radius 2 is 2.21 bits per heavy atom. The van der Waals surface area contributed by atoms with Crippen molar-refractivity contribution in [3.05, 3.63) is 0 Å². The number of urea groups is 1. The maximum atomic E-state index is 12.1. The van der Waals surface area contributed by atoms with Crippen molar-refractivity contribution in [1.82, 2.24) is 15.1 Å². The minimum absolute atomic E-state index is 0.162. The van der Waals surface area contributed by atoms with Crippen molar-refractivity contribution in [2.75, 3.05) is 27.2 Å². The van der Waals surface area contributed by atoms with E-state index in [0.29, 0.717) is 6.42 Å². The predicted molar refractivity (Wildman–Crippen MR) is 73.1 cm³/mol. The van der Waals surface area contributed by atoms with Crippen LogP contribution < -0.4 is 5.32 Å². The third kappa shape index (κ3) is 4.70. The summed E-state index contributed by atoms with van der Waals surface area (Å²) in [5.41, 5.74) is 0. The molecule has 0 aromatic rings. The van der Waals surface area contributed by atoms with Crippen molar-refractivity contribution in [1.29, 1.82) is 0 Å². The van der Waals surface area contributed by atoms with E-state index in [2.05, 4.69) is 10.2 Å². The number of carboxylic acids is 1. The predicted octanol–water partition coefficient (Wildman–Crippen LogP) is 0.975. The van der Waals surface area contributed by atoms with Crippen LogP contribution in [0.2, 0.25) is 0 Å². The van der Waals surface area contributed by atoms with Crippen LogP contribution in [0.5, 0.6) is 0 Å². The largest absolute Gasteiger partial charge is 0.480 e. The van der Waals surface area contributed by atoms with Crippen LogP contribution >= 0.6 is 0 Å². The van der Waals surface area contributed by atoms with Crippen LogP contribution in [0, 0.1) is 0 Å². The molecular weight excluding hydrogens is 246 g/mol. The second kappa shape index (κ2) is 7.33. The number of likely N-dealkylation sites (tertiary alicyclic amines) is 1. The molecule has 6 heteroatoms. The molecule has 1 saturated heterocycles. The molecule has 1 fully saturated rings. The summed E-state index contributed by atoms with van der Waals surface area (Å²) in [4.78, 5) is 26.9. The van der Waals surface area contributed by atoms with E-state index < -0.39 is 12.0 Å². The van der Waals surface area contributed by atoms with Crippen LogP contribution in [0.1, 0.15) is 32.6 Å². The van der Waals surface area contributed by atoms with Crippen LogP contribution in [0.3, 0.4) is 0 Å². The van der Waals surface area contributed by atoms with Gasteiger partial charge in [-0.1, -0.05) is 13.3 Å². The topological polar surface area (TPSA) is 72.9 Å². The molecule has 0 saturated carbocycles. The lowest BCUT2D eigenvalue weighted by atomic mass is 10.1. The summed E-state index contributed by atoms with van der Waals surface area (Å²) in [6.07, 6.45) is 3.22. The molecule has 1 heterocycles. The van der Waals surface area contributed by atoms with Gasteiger partial charge in [0.25, 0.3) is 0 Å². The lowest BCUT2D eigenvalue weighted by Crippen LogP contribution is -2.53. The zero-order valence-electron chi connectivity index (χ0n) is 12.1. The molecule has 6 nitrogen and oxygen atoms in total. The minimum atomic E-state index is -0.968. The van der Waals surface area contributed by atoms with E-state index in [1.54, 1.807) is 11.9 Å². The number of piperidine rings is 1. The first-order valence-electron chi connectivity index (χ1n) is 6.90. The lowest BCUT2D eigenvalue weighted by Gasteiger charge is -2.36. The van der Waals surface area contributed by atoms with Gasteiger partial charge in [-0.2, -0.15) is 0 Å². The van der Waals surface area contributed by atoms with Crippen LogP contribution in [0.25, 0.3) is 0 Å². The Labute approximate surface area is 114 Å². The standard InChI is InChI=1S/C13H25N3O3/c1-4-6-11(12(17)18)14-13(19)16(3)10-7-5-8-15(2)9-10/h10-11H,4-9H2,1-3H3,(H,14,19)(H,17,18). The number of carbonyl (C=O) groups is 2. The fourth-order valence-electron chi connectivity index (χ4n) is 2.42. The highest BCUT2D eigenvalue weighted by molar-refractivity contribution is 5.82. The monoisotopic (exact) mass is 271 g/mol. The number of aliphatic carboxylic acids is 1. The normalized spacial score (nSPS) is 21.7. The smallest absolute Gasteiger partial charge is 0.326 e. The van der Waals surface area contributed by atoms with Gasteiger partial charge in [0.2, 0.25) is 0 Å².